The van der Waals surface area contributed by atoms with Crippen molar-refractivity contribution < 1.29 is 4.39 Å². The highest BCUT2D eigenvalue weighted by molar-refractivity contribution is 5.15. The van der Waals surface area contributed by atoms with Crippen LogP contribution in [0.3, 0.4) is 0 Å². The minimum atomic E-state index is -0.148. The van der Waals surface area contributed by atoms with E-state index in [1.54, 1.807) is 12.1 Å². The Morgan fingerprint density at radius 3 is 2.50 bits per heavy atom. The quantitative estimate of drug-likeness (QED) is 0.419. The molecule has 1 atom stereocenters. The summed E-state index contributed by atoms with van der Waals surface area (Å²) >= 11 is 0. The largest absolute Gasteiger partial charge is 0.207 e. The van der Waals surface area contributed by atoms with Gasteiger partial charge in [-0.3, -0.25) is 0 Å². The predicted molar refractivity (Wildman–Crippen MR) is 77.2 cm³/mol. The number of hydrogen-bond donors (Lipinski definition) is 0. The summed E-state index contributed by atoms with van der Waals surface area (Å²) in [6.45, 7) is 8.54. The molecule has 0 aliphatic heterocycles. The highest BCUT2D eigenvalue weighted by Crippen LogP contribution is 2.19. The molecule has 0 saturated carbocycles. The molecule has 18 heavy (non-hydrogen) atoms. The first kappa shape index (κ1) is 14.9. The molecule has 100 valence electrons. The Hall–Kier alpha value is -1.11. The van der Waals surface area contributed by atoms with Crippen molar-refractivity contribution in [1.82, 2.24) is 0 Å². The zero-order valence-corrected chi connectivity index (χ0v) is 11.7. The van der Waals surface area contributed by atoms with Crippen LogP contribution in [-0.4, -0.2) is 0 Å². The lowest BCUT2D eigenvalue weighted by atomic mass is 9.94. The molecule has 0 aliphatic carbocycles. The van der Waals surface area contributed by atoms with E-state index in [0.29, 0.717) is 0 Å². The summed E-state index contributed by atoms with van der Waals surface area (Å²) < 4.78 is 12.7. The second kappa shape index (κ2) is 8.07. The fraction of sp³-hybridized carbons (Fsp3) is 0.529. The van der Waals surface area contributed by atoms with E-state index in [1.165, 1.54) is 30.4 Å². The molecule has 0 spiro atoms. The van der Waals surface area contributed by atoms with Crippen LogP contribution < -0.4 is 0 Å². The first-order valence-corrected chi connectivity index (χ1v) is 7.03. The zero-order valence-electron chi connectivity index (χ0n) is 11.7. The number of allylic oxidation sites excluding steroid dienone is 1. The van der Waals surface area contributed by atoms with Gasteiger partial charge in [0.2, 0.25) is 0 Å². The van der Waals surface area contributed by atoms with E-state index in [4.69, 9.17) is 0 Å². The van der Waals surface area contributed by atoms with Gasteiger partial charge < -0.3 is 0 Å². The Bertz CT molecular complexity index is 350. The van der Waals surface area contributed by atoms with E-state index < -0.39 is 0 Å². The summed E-state index contributed by atoms with van der Waals surface area (Å²) in [5, 5.41) is 0. The van der Waals surface area contributed by atoms with E-state index in [0.717, 1.165) is 25.2 Å². The predicted octanol–water partition coefficient (Wildman–Crippen LogP) is 5.53. The maximum absolute atomic E-state index is 12.7. The zero-order chi connectivity index (χ0) is 13.4. The molecule has 1 unspecified atom stereocenters. The molecule has 0 radical (unpaired) electrons. The van der Waals surface area contributed by atoms with Gasteiger partial charge in [0, 0.05) is 0 Å². The van der Waals surface area contributed by atoms with Gasteiger partial charge in [0.05, 0.1) is 0 Å². The van der Waals surface area contributed by atoms with Gasteiger partial charge in [0.25, 0.3) is 0 Å². The summed E-state index contributed by atoms with van der Waals surface area (Å²) in [5.74, 6) is 0.594. The molecule has 0 heterocycles. The van der Waals surface area contributed by atoms with E-state index in [2.05, 4.69) is 20.4 Å². The number of benzene rings is 1. The maximum atomic E-state index is 12.7. The second-order valence-electron chi connectivity index (χ2n) is 5.29. The number of unbranched alkanes of at least 4 members (excludes halogenated alkanes) is 1. The lowest BCUT2D eigenvalue weighted by molar-refractivity contribution is 0.490. The third-order valence-electron chi connectivity index (χ3n) is 3.46. The van der Waals surface area contributed by atoms with Crippen molar-refractivity contribution in [2.24, 2.45) is 5.92 Å². The second-order valence-corrected chi connectivity index (χ2v) is 5.29. The number of rotatable bonds is 8. The van der Waals surface area contributed by atoms with Gasteiger partial charge in [0.15, 0.2) is 0 Å². The molecule has 0 N–H and O–H groups in total. The average molecular weight is 248 g/mol. The van der Waals surface area contributed by atoms with Gasteiger partial charge in [-0.1, -0.05) is 51.0 Å². The number of aryl methyl sites for hydroxylation is 1. The standard InChI is InChI=1S/C17H25F/c1-4-14(2)13-15(3)7-5-6-8-16-9-11-17(18)12-10-16/h9-12,15H,2,4-8,13H2,1,3H3. The monoisotopic (exact) mass is 248 g/mol. The van der Waals surface area contributed by atoms with E-state index in [-0.39, 0.29) is 5.82 Å². The highest BCUT2D eigenvalue weighted by atomic mass is 19.1. The molecule has 0 amide bonds. The van der Waals surface area contributed by atoms with Crippen LogP contribution in [0, 0.1) is 11.7 Å². The van der Waals surface area contributed by atoms with Gasteiger partial charge >= 0.3 is 0 Å². The summed E-state index contributed by atoms with van der Waals surface area (Å²) in [5.41, 5.74) is 2.60. The molecule has 0 fully saturated rings. The molecule has 1 heteroatoms. The van der Waals surface area contributed by atoms with Crippen LogP contribution in [0.25, 0.3) is 0 Å². The van der Waals surface area contributed by atoms with Crippen LogP contribution >= 0.6 is 0 Å². The van der Waals surface area contributed by atoms with Crippen molar-refractivity contribution in [2.75, 3.05) is 0 Å². The SMILES string of the molecule is C=C(CC)CC(C)CCCCc1ccc(F)cc1. The Balaban J connectivity index is 2.14. The summed E-state index contributed by atoms with van der Waals surface area (Å²) in [7, 11) is 0. The fourth-order valence-corrected chi connectivity index (χ4v) is 2.21. The van der Waals surface area contributed by atoms with Gasteiger partial charge in [-0.25, -0.2) is 4.39 Å². The molecule has 1 aromatic carbocycles. The molecule has 0 nitrogen and oxygen atoms in total. The Labute approximate surface area is 111 Å². The van der Waals surface area contributed by atoms with Crippen molar-refractivity contribution >= 4 is 0 Å². The highest BCUT2D eigenvalue weighted by Gasteiger charge is 2.03. The van der Waals surface area contributed by atoms with Crippen molar-refractivity contribution in [3.05, 3.63) is 47.8 Å². The molecular weight excluding hydrogens is 223 g/mol. The Morgan fingerprint density at radius 2 is 1.89 bits per heavy atom. The Morgan fingerprint density at radius 1 is 1.22 bits per heavy atom. The van der Waals surface area contributed by atoms with E-state index in [1.807, 2.05) is 12.1 Å². The van der Waals surface area contributed by atoms with Crippen molar-refractivity contribution in [3.63, 3.8) is 0 Å². The third-order valence-corrected chi connectivity index (χ3v) is 3.46. The van der Waals surface area contributed by atoms with Crippen LogP contribution in [-0.2, 0) is 6.42 Å². The number of halogens is 1. The van der Waals surface area contributed by atoms with Crippen LogP contribution in [0.4, 0.5) is 4.39 Å². The lowest BCUT2D eigenvalue weighted by Gasteiger charge is -2.12. The van der Waals surface area contributed by atoms with Gasteiger partial charge in [-0.05, 0) is 49.3 Å². The van der Waals surface area contributed by atoms with E-state index >= 15 is 0 Å². The summed E-state index contributed by atoms with van der Waals surface area (Å²) in [6, 6.07) is 6.86. The van der Waals surface area contributed by atoms with Gasteiger partial charge in [0.1, 0.15) is 5.82 Å². The maximum Gasteiger partial charge on any atom is 0.123 e. The smallest absolute Gasteiger partial charge is 0.123 e. The van der Waals surface area contributed by atoms with Crippen LogP contribution in [0.5, 0.6) is 0 Å². The molecule has 0 aromatic heterocycles. The summed E-state index contributed by atoms with van der Waals surface area (Å²) in [6.07, 6.45) is 7.01. The minimum Gasteiger partial charge on any atom is -0.207 e. The number of hydrogen-bond acceptors (Lipinski definition) is 0. The van der Waals surface area contributed by atoms with Crippen LogP contribution in [0.15, 0.2) is 36.4 Å². The van der Waals surface area contributed by atoms with Gasteiger partial charge in [-0.2, -0.15) is 0 Å². The minimum absolute atomic E-state index is 0.148. The molecule has 0 bridgehead atoms. The van der Waals surface area contributed by atoms with Gasteiger partial charge in [-0.15, -0.1) is 0 Å². The summed E-state index contributed by atoms with van der Waals surface area (Å²) in [4.78, 5) is 0. The van der Waals surface area contributed by atoms with E-state index in [9.17, 15) is 4.39 Å². The van der Waals surface area contributed by atoms with Crippen LogP contribution in [0.2, 0.25) is 0 Å². The lowest BCUT2D eigenvalue weighted by Crippen LogP contribution is -1.97. The van der Waals surface area contributed by atoms with Crippen molar-refractivity contribution in [1.29, 1.82) is 0 Å². The normalized spacial score (nSPS) is 12.4. The molecule has 1 rings (SSSR count). The third kappa shape index (κ3) is 6.00. The Kier molecular flexibility index (Phi) is 6.70. The first-order valence-electron chi connectivity index (χ1n) is 7.03. The first-order chi connectivity index (χ1) is 8.61. The van der Waals surface area contributed by atoms with Crippen molar-refractivity contribution in [3.8, 4) is 0 Å². The topological polar surface area (TPSA) is 0 Å². The van der Waals surface area contributed by atoms with Crippen molar-refractivity contribution in [2.45, 2.75) is 52.4 Å². The fourth-order valence-electron chi connectivity index (χ4n) is 2.21. The molecule has 1 aromatic rings. The molecule has 0 aliphatic rings. The molecule has 0 saturated heterocycles. The average Bonchev–Trinajstić information content (AvgIpc) is 2.36. The molecular formula is C17H25F. The van der Waals surface area contributed by atoms with Crippen LogP contribution in [0.1, 0.15) is 51.5 Å².